The molecule has 0 saturated carbocycles. The molecule has 0 aliphatic carbocycles. The van der Waals surface area contributed by atoms with Crippen molar-refractivity contribution in [1.29, 1.82) is 0 Å². The lowest BCUT2D eigenvalue weighted by Crippen LogP contribution is -2.08. The zero-order chi connectivity index (χ0) is 17.4. The summed E-state index contributed by atoms with van der Waals surface area (Å²) in [6.45, 7) is 7.76. The highest BCUT2D eigenvalue weighted by atomic mass is 32.1. The number of aryl methyl sites for hydroxylation is 4. The van der Waals surface area contributed by atoms with Crippen molar-refractivity contribution in [3.8, 4) is 0 Å². The van der Waals surface area contributed by atoms with Gasteiger partial charge < -0.3 is 9.15 Å². The zero-order valence-electron chi connectivity index (χ0n) is 14.1. The number of hydrogen-bond acceptors (Lipinski definition) is 5. The highest BCUT2D eigenvalue weighted by Crippen LogP contribution is 2.25. The maximum atomic E-state index is 12.3. The number of rotatable bonds is 3. The van der Waals surface area contributed by atoms with Gasteiger partial charge in [0.1, 0.15) is 12.2 Å². The molecule has 1 aromatic carbocycles. The van der Waals surface area contributed by atoms with Crippen LogP contribution < -0.4 is 5.63 Å². The molecule has 3 rings (SSSR count). The van der Waals surface area contributed by atoms with E-state index in [0.717, 1.165) is 26.3 Å². The van der Waals surface area contributed by atoms with Crippen LogP contribution in [0.5, 0.6) is 0 Å². The van der Waals surface area contributed by atoms with Crippen LogP contribution in [-0.2, 0) is 11.3 Å². The summed E-state index contributed by atoms with van der Waals surface area (Å²) in [5, 5.41) is 0.795. The van der Waals surface area contributed by atoms with Crippen molar-refractivity contribution < 1.29 is 13.9 Å². The Morgan fingerprint density at radius 2 is 1.92 bits per heavy atom. The van der Waals surface area contributed by atoms with Crippen molar-refractivity contribution >= 4 is 28.3 Å². The molecule has 4 nitrogen and oxygen atoms in total. The third kappa shape index (κ3) is 2.99. The maximum absolute atomic E-state index is 12.3. The van der Waals surface area contributed by atoms with Crippen molar-refractivity contribution in [3.05, 3.63) is 66.7 Å². The fourth-order valence-corrected chi connectivity index (χ4v) is 3.61. The van der Waals surface area contributed by atoms with E-state index in [-0.39, 0.29) is 12.6 Å². The molecule has 2 heterocycles. The predicted octanol–water partition coefficient (Wildman–Crippen LogP) is 4.45. The monoisotopic (exact) mass is 342 g/mol. The summed E-state index contributed by atoms with van der Waals surface area (Å²) in [6, 6.07) is 7.07. The molecule has 0 aliphatic heterocycles. The Balaban J connectivity index is 1.93. The minimum Gasteiger partial charge on any atom is -0.457 e. The van der Waals surface area contributed by atoms with Gasteiger partial charge in [0.15, 0.2) is 0 Å². The van der Waals surface area contributed by atoms with Gasteiger partial charge in [-0.2, -0.15) is 0 Å². The Kier molecular flexibility index (Phi) is 4.28. The number of carbonyl (C=O) groups is 1. The van der Waals surface area contributed by atoms with E-state index in [1.165, 1.54) is 6.07 Å². The molecule has 0 saturated heterocycles. The van der Waals surface area contributed by atoms with Crippen molar-refractivity contribution in [2.75, 3.05) is 0 Å². The van der Waals surface area contributed by atoms with Gasteiger partial charge in [0.05, 0.1) is 5.56 Å². The van der Waals surface area contributed by atoms with Gasteiger partial charge in [-0.15, -0.1) is 11.3 Å². The Bertz CT molecular complexity index is 995. The highest BCUT2D eigenvalue weighted by molar-refractivity contribution is 7.12. The van der Waals surface area contributed by atoms with Gasteiger partial charge in [0.2, 0.25) is 0 Å². The first-order valence-electron chi connectivity index (χ1n) is 7.64. The second-order valence-corrected chi connectivity index (χ2v) is 7.34. The van der Waals surface area contributed by atoms with Gasteiger partial charge in [0.25, 0.3) is 0 Å². The fraction of sp³-hybridized carbons (Fsp3) is 0.263. The summed E-state index contributed by atoms with van der Waals surface area (Å²) >= 11 is 1.56. The van der Waals surface area contributed by atoms with Crippen LogP contribution in [0.25, 0.3) is 11.0 Å². The second kappa shape index (κ2) is 6.24. The summed E-state index contributed by atoms with van der Waals surface area (Å²) in [4.78, 5) is 26.1. The number of fused-ring (bicyclic) bond motifs is 1. The lowest BCUT2D eigenvalue weighted by molar-refractivity contribution is 0.0473. The van der Waals surface area contributed by atoms with Crippen molar-refractivity contribution in [2.24, 2.45) is 0 Å². The normalized spacial score (nSPS) is 11.0. The number of hydrogen-bond donors (Lipinski definition) is 0. The van der Waals surface area contributed by atoms with Crippen LogP contribution in [0.15, 0.2) is 33.5 Å². The predicted molar refractivity (Wildman–Crippen MR) is 94.9 cm³/mol. The first-order chi connectivity index (χ1) is 11.4. The molecule has 5 heteroatoms. The van der Waals surface area contributed by atoms with Crippen LogP contribution in [0.1, 0.15) is 36.8 Å². The molecule has 0 amide bonds. The third-order valence-corrected chi connectivity index (χ3v) is 5.10. The average molecular weight is 342 g/mol. The van der Waals surface area contributed by atoms with Crippen LogP contribution in [0, 0.1) is 27.7 Å². The van der Waals surface area contributed by atoms with E-state index >= 15 is 0 Å². The van der Waals surface area contributed by atoms with Crippen molar-refractivity contribution in [3.63, 3.8) is 0 Å². The SMILES string of the molecule is Cc1cc(C(=O)OCc2cc(=O)oc3c(C)c(C)ccc23)c(C)s1. The fourth-order valence-electron chi connectivity index (χ4n) is 2.70. The summed E-state index contributed by atoms with van der Waals surface area (Å²) in [5.41, 5.74) is 3.31. The molecule has 0 atom stereocenters. The van der Waals surface area contributed by atoms with E-state index in [0.29, 0.717) is 16.7 Å². The van der Waals surface area contributed by atoms with Crippen molar-refractivity contribution in [1.82, 2.24) is 0 Å². The smallest absolute Gasteiger partial charge is 0.339 e. The summed E-state index contributed by atoms with van der Waals surface area (Å²) in [7, 11) is 0. The molecule has 0 spiro atoms. The van der Waals surface area contributed by atoms with Crippen molar-refractivity contribution in [2.45, 2.75) is 34.3 Å². The van der Waals surface area contributed by atoms with Crippen LogP contribution in [0.2, 0.25) is 0 Å². The number of ether oxygens (including phenoxy) is 1. The van der Waals surface area contributed by atoms with Gasteiger partial charge in [-0.3, -0.25) is 0 Å². The molecule has 0 fully saturated rings. The van der Waals surface area contributed by atoms with E-state index in [4.69, 9.17) is 9.15 Å². The zero-order valence-corrected chi connectivity index (χ0v) is 14.9. The molecule has 0 unspecified atom stereocenters. The standard InChI is InChI=1S/C19H18O4S/c1-10-5-6-15-14(8-17(20)23-18(15)12(10)3)9-22-19(21)16-7-11(2)24-13(16)4/h5-8H,9H2,1-4H3. The first kappa shape index (κ1) is 16.5. The highest BCUT2D eigenvalue weighted by Gasteiger charge is 2.15. The van der Waals surface area contributed by atoms with Gasteiger partial charge in [-0.25, -0.2) is 9.59 Å². The van der Waals surface area contributed by atoms with E-state index in [9.17, 15) is 9.59 Å². The van der Waals surface area contributed by atoms with E-state index in [2.05, 4.69) is 0 Å². The third-order valence-electron chi connectivity index (χ3n) is 4.14. The van der Waals surface area contributed by atoms with Gasteiger partial charge >= 0.3 is 11.6 Å². The van der Waals surface area contributed by atoms with E-state index in [1.807, 2.05) is 45.9 Å². The lowest BCUT2D eigenvalue weighted by Gasteiger charge is -2.09. The molecule has 3 aromatic rings. The van der Waals surface area contributed by atoms with Crippen LogP contribution in [-0.4, -0.2) is 5.97 Å². The van der Waals surface area contributed by atoms with Crippen LogP contribution in [0.4, 0.5) is 0 Å². The molecule has 0 bridgehead atoms. The molecule has 2 aromatic heterocycles. The van der Waals surface area contributed by atoms with E-state index in [1.54, 1.807) is 11.3 Å². The van der Waals surface area contributed by atoms with E-state index < -0.39 is 5.63 Å². The molecular weight excluding hydrogens is 324 g/mol. The number of carbonyl (C=O) groups excluding carboxylic acids is 1. The average Bonchev–Trinajstić information content (AvgIpc) is 2.87. The molecule has 0 N–H and O–H groups in total. The van der Waals surface area contributed by atoms with Crippen LogP contribution in [0.3, 0.4) is 0 Å². The molecule has 0 radical (unpaired) electrons. The molecule has 0 aliphatic rings. The Morgan fingerprint density at radius 1 is 1.17 bits per heavy atom. The minimum atomic E-state index is -0.440. The summed E-state index contributed by atoms with van der Waals surface area (Å²) in [6.07, 6.45) is 0. The number of benzene rings is 1. The minimum absolute atomic E-state index is 0.0395. The van der Waals surface area contributed by atoms with Crippen LogP contribution >= 0.6 is 11.3 Å². The Hall–Kier alpha value is -2.40. The summed E-state index contributed by atoms with van der Waals surface area (Å²) in [5.74, 6) is -0.373. The van der Waals surface area contributed by atoms with Gasteiger partial charge in [-0.05, 0) is 44.9 Å². The molecule has 24 heavy (non-hydrogen) atoms. The molecule has 124 valence electrons. The largest absolute Gasteiger partial charge is 0.457 e. The first-order valence-corrected chi connectivity index (χ1v) is 8.45. The van der Waals surface area contributed by atoms with Gasteiger partial charge in [-0.1, -0.05) is 12.1 Å². The second-order valence-electron chi connectivity index (χ2n) is 5.88. The lowest BCUT2D eigenvalue weighted by atomic mass is 10.0. The quantitative estimate of drug-likeness (QED) is 0.521. The van der Waals surface area contributed by atoms with Gasteiger partial charge in [0, 0.05) is 26.8 Å². The topological polar surface area (TPSA) is 56.5 Å². The Labute approximate surface area is 143 Å². The Morgan fingerprint density at radius 3 is 2.58 bits per heavy atom. The summed E-state index contributed by atoms with van der Waals surface area (Å²) < 4.78 is 10.8. The number of thiophene rings is 1. The number of esters is 1. The molecular formula is C19H18O4S. The maximum Gasteiger partial charge on any atom is 0.339 e.